The monoisotopic (exact) mass is 399 g/mol. The van der Waals surface area contributed by atoms with Gasteiger partial charge in [0.05, 0.1) is 24.9 Å². The molecule has 1 amide bonds. The van der Waals surface area contributed by atoms with Crippen LogP contribution < -0.4 is 20.1 Å². The lowest BCUT2D eigenvalue weighted by Crippen LogP contribution is -2.14. The number of amides is 1. The Labute approximate surface area is 169 Å². The Bertz CT molecular complexity index is 916. The average Bonchev–Trinajstić information content (AvgIpc) is 2.69. The molecule has 146 valence electrons. The maximum Gasteiger partial charge on any atom is 0.267 e. The van der Waals surface area contributed by atoms with Crippen LogP contribution in [0.25, 0.3) is 0 Å². The number of methoxy groups -OCH3 is 2. The molecule has 7 heteroatoms. The summed E-state index contributed by atoms with van der Waals surface area (Å²) >= 11 is 6.08. The second kappa shape index (κ2) is 9.67. The van der Waals surface area contributed by atoms with Crippen molar-refractivity contribution in [3.05, 3.63) is 58.8 Å². The van der Waals surface area contributed by atoms with Crippen molar-refractivity contribution in [3.8, 4) is 17.6 Å². The van der Waals surface area contributed by atoms with Crippen LogP contribution in [0.5, 0.6) is 11.5 Å². The first-order valence-corrected chi connectivity index (χ1v) is 8.97. The van der Waals surface area contributed by atoms with E-state index in [1.807, 2.05) is 30.3 Å². The minimum Gasteiger partial charge on any atom is -0.495 e. The summed E-state index contributed by atoms with van der Waals surface area (Å²) in [5.41, 5.74) is 2.19. The fraction of sp³-hybridized carbons (Fsp3) is 0.238. The number of anilines is 2. The number of hydrogen-bond donors (Lipinski definition) is 2. The van der Waals surface area contributed by atoms with Crippen molar-refractivity contribution >= 4 is 28.9 Å². The number of ether oxygens (including phenoxy) is 2. The van der Waals surface area contributed by atoms with Crippen molar-refractivity contribution in [1.29, 1.82) is 5.26 Å². The molecule has 6 nitrogen and oxygen atoms in total. The zero-order chi connectivity index (χ0) is 20.7. The van der Waals surface area contributed by atoms with Gasteiger partial charge in [0, 0.05) is 24.0 Å². The molecular weight excluding hydrogens is 378 g/mol. The lowest BCUT2D eigenvalue weighted by molar-refractivity contribution is -0.112. The molecule has 0 unspecified atom stereocenters. The van der Waals surface area contributed by atoms with Gasteiger partial charge in [-0.1, -0.05) is 37.6 Å². The number of carbonyl (C=O) groups is 1. The molecule has 0 fully saturated rings. The summed E-state index contributed by atoms with van der Waals surface area (Å²) in [6, 6.07) is 12.6. The molecule has 0 aliphatic heterocycles. The van der Waals surface area contributed by atoms with Crippen LogP contribution in [0, 0.1) is 11.3 Å². The predicted octanol–water partition coefficient (Wildman–Crippen LogP) is 4.94. The number of nitriles is 1. The van der Waals surface area contributed by atoms with Crippen molar-refractivity contribution in [2.75, 3.05) is 24.9 Å². The minimum absolute atomic E-state index is 0.0936. The fourth-order valence-corrected chi connectivity index (χ4v) is 2.65. The van der Waals surface area contributed by atoms with E-state index in [0.717, 1.165) is 0 Å². The number of nitrogens with zero attached hydrogens (tertiary/aromatic N) is 1. The highest BCUT2D eigenvalue weighted by Gasteiger charge is 2.12. The van der Waals surface area contributed by atoms with Crippen LogP contribution in [-0.4, -0.2) is 20.1 Å². The molecule has 0 aromatic heterocycles. The Balaban J connectivity index is 2.17. The number of benzene rings is 2. The molecule has 2 aromatic rings. The van der Waals surface area contributed by atoms with Crippen LogP contribution in [0.3, 0.4) is 0 Å². The molecule has 0 aliphatic rings. The van der Waals surface area contributed by atoms with Gasteiger partial charge < -0.3 is 20.1 Å². The van der Waals surface area contributed by atoms with Crippen molar-refractivity contribution in [2.45, 2.75) is 19.8 Å². The third-order valence-electron chi connectivity index (χ3n) is 4.05. The molecule has 0 saturated heterocycles. The number of halogens is 1. The van der Waals surface area contributed by atoms with E-state index < -0.39 is 5.91 Å². The second-order valence-corrected chi connectivity index (χ2v) is 6.64. The number of carbonyl (C=O) groups excluding carboxylic acids is 1. The van der Waals surface area contributed by atoms with Crippen LogP contribution in [-0.2, 0) is 4.79 Å². The Kier molecular flexibility index (Phi) is 7.30. The largest absolute Gasteiger partial charge is 0.495 e. The molecule has 0 spiro atoms. The van der Waals surface area contributed by atoms with Crippen LogP contribution in [0.2, 0.25) is 5.02 Å². The normalized spacial score (nSPS) is 11.0. The van der Waals surface area contributed by atoms with E-state index in [0.29, 0.717) is 33.8 Å². The van der Waals surface area contributed by atoms with Crippen molar-refractivity contribution in [1.82, 2.24) is 0 Å². The van der Waals surface area contributed by atoms with Gasteiger partial charge in [-0.05, 0) is 23.6 Å². The summed E-state index contributed by atoms with van der Waals surface area (Å²) in [5.74, 6) is 0.762. The van der Waals surface area contributed by atoms with Crippen LogP contribution in [0.1, 0.15) is 25.3 Å². The highest BCUT2D eigenvalue weighted by atomic mass is 35.5. The molecule has 0 radical (unpaired) electrons. The van der Waals surface area contributed by atoms with E-state index in [1.165, 1.54) is 26.0 Å². The highest BCUT2D eigenvalue weighted by molar-refractivity contribution is 6.32. The third-order valence-corrected chi connectivity index (χ3v) is 4.34. The van der Waals surface area contributed by atoms with E-state index in [4.69, 9.17) is 21.1 Å². The van der Waals surface area contributed by atoms with Gasteiger partial charge in [-0.3, -0.25) is 4.79 Å². The Morgan fingerprint density at radius 3 is 2.32 bits per heavy atom. The molecule has 0 heterocycles. The van der Waals surface area contributed by atoms with Gasteiger partial charge in [-0.15, -0.1) is 0 Å². The third kappa shape index (κ3) is 5.18. The standard InChI is InChI=1S/C21H22ClN3O3/c1-13(2)14-5-7-16(8-6-14)25-21(26)15(11-23)12-24-18-10-19(27-3)17(22)9-20(18)28-4/h5-10,12-13,24H,1-4H3,(H,25,26)/b15-12-. The van der Waals surface area contributed by atoms with E-state index in [1.54, 1.807) is 12.1 Å². The smallest absolute Gasteiger partial charge is 0.267 e. The van der Waals surface area contributed by atoms with Gasteiger partial charge in [-0.2, -0.15) is 5.26 Å². The SMILES string of the molecule is COc1cc(N/C=C(/C#N)C(=O)Nc2ccc(C(C)C)cc2)c(OC)cc1Cl. The minimum atomic E-state index is -0.521. The average molecular weight is 400 g/mol. The summed E-state index contributed by atoms with van der Waals surface area (Å²) in [6.07, 6.45) is 1.31. The first kappa shape index (κ1) is 21.1. The molecule has 0 aliphatic carbocycles. The van der Waals surface area contributed by atoms with Gasteiger partial charge >= 0.3 is 0 Å². The zero-order valence-electron chi connectivity index (χ0n) is 16.2. The number of nitrogens with one attached hydrogen (secondary N) is 2. The maximum atomic E-state index is 12.4. The zero-order valence-corrected chi connectivity index (χ0v) is 16.9. The lowest BCUT2D eigenvalue weighted by Gasteiger charge is -2.12. The van der Waals surface area contributed by atoms with Gasteiger partial charge in [-0.25, -0.2) is 0 Å². The molecule has 0 bridgehead atoms. The van der Waals surface area contributed by atoms with Crippen LogP contribution >= 0.6 is 11.6 Å². The van der Waals surface area contributed by atoms with Gasteiger partial charge in [0.15, 0.2) is 0 Å². The van der Waals surface area contributed by atoms with Crippen LogP contribution in [0.4, 0.5) is 11.4 Å². The van der Waals surface area contributed by atoms with Crippen molar-refractivity contribution in [2.24, 2.45) is 0 Å². The molecule has 2 N–H and O–H groups in total. The van der Waals surface area contributed by atoms with Gasteiger partial charge in [0.1, 0.15) is 23.1 Å². The highest BCUT2D eigenvalue weighted by Crippen LogP contribution is 2.35. The Morgan fingerprint density at radius 2 is 1.79 bits per heavy atom. The molecule has 0 atom stereocenters. The summed E-state index contributed by atoms with van der Waals surface area (Å²) in [7, 11) is 2.98. The van der Waals surface area contributed by atoms with E-state index in [2.05, 4.69) is 24.5 Å². The van der Waals surface area contributed by atoms with Crippen molar-refractivity contribution in [3.63, 3.8) is 0 Å². The lowest BCUT2D eigenvalue weighted by atomic mass is 10.0. The number of rotatable bonds is 7. The quantitative estimate of drug-likeness (QED) is 0.509. The van der Waals surface area contributed by atoms with E-state index >= 15 is 0 Å². The molecular formula is C21H22ClN3O3. The maximum absolute atomic E-state index is 12.4. The second-order valence-electron chi connectivity index (χ2n) is 6.23. The fourth-order valence-electron chi connectivity index (χ4n) is 2.42. The molecule has 28 heavy (non-hydrogen) atoms. The van der Waals surface area contributed by atoms with Crippen molar-refractivity contribution < 1.29 is 14.3 Å². The van der Waals surface area contributed by atoms with Gasteiger partial charge in [0.25, 0.3) is 5.91 Å². The Hall–Kier alpha value is -3.17. The predicted molar refractivity (Wildman–Crippen MR) is 111 cm³/mol. The molecule has 0 saturated carbocycles. The summed E-state index contributed by atoms with van der Waals surface area (Å²) in [4.78, 5) is 12.4. The summed E-state index contributed by atoms with van der Waals surface area (Å²) in [5, 5.41) is 15.3. The first-order chi connectivity index (χ1) is 13.4. The van der Waals surface area contributed by atoms with Gasteiger partial charge in [0.2, 0.25) is 0 Å². The summed E-state index contributed by atoms with van der Waals surface area (Å²) < 4.78 is 10.4. The van der Waals surface area contributed by atoms with E-state index in [-0.39, 0.29) is 5.57 Å². The first-order valence-electron chi connectivity index (χ1n) is 8.59. The molecule has 2 rings (SSSR count). The molecule has 2 aromatic carbocycles. The van der Waals surface area contributed by atoms with E-state index in [9.17, 15) is 10.1 Å². The number of hydrogen-bond acceptors (Lipinski definition) is 5. The topological polar surface area (TPSA) is 83.4 Å². The summed E-state index contributed by atoms with van der Waals surface area (Å²) in [6.45, 7) is 4.19. The Morgan fingerprint density at radius 1 is 1.14 bits per heavy atom. The van der Waals surface area contributed by atoms with Crippen LogP contribution in [0.15, 0.2) is 48.2 Å².